The molecule has 0 bridgehead atoms. The highest BCUT2D eigenvalue weighted by Gasteiger charge is 2.11. The Labute approximate surface area is 109 Å². The van der Waals surface area contributed by atoms with Gasteiger partial charge < -0.3 is 0 Å². The third-order valence-corrected chi connectivity index (χ3v) is 2.98. The molecule has 0 aliphatic carbocycles. The number of nitro groups is 1. The molecule has 1 aromatic carbocycles. The van der Waals surface area contributed by atoms with E-state index in [9.17, 15) is 10.1 Å². The van der Waals surface area contributed by atoms with Crippen molar-refractivity contribution < 1.29 is 4.92 Å². The predicted molar refractivity (Wildman–Crippen MR) is 69.6 cm³/mol. The Hall–Kier alpha value is -1.94. The first-order valence-electron chi connectivity index (χ1n) is 5.45. The van der Waals surface area contributed by atoms with Gasteiger partial charge in [-0.1, -0.05) is 30.3 Å². The minimum absolute atomic E-state index is 0.00964. The van der Waals surface area contributed by atoms with Crippen LogP contribution in [0.5, 0.6) is 0 Å². The minimum atomic E-state index is -0.466. The van der Waals surface area contributed by atoms with Gasteiger partial charge in [0.25, 0.3) is 5.69 Å². The maximum absolute atomic E-state index is 10.5. The minimum Gasteiger partial charge on any atom is -0.258 e. The molecule has 4 nitrogen and oxygen atoms in total. The molecule has 0 saturated heterocycles. The molecular formula is C13H11ClN2O2. The number of rotatable bonds is 4. The van der Waals surface area contributed by atoms with E-state index in [-0.39, 0.29) is 11.1 Å². The average molecular weight is 263 g/mol. The zero-order valence-electron chi connectivity index (χ0n) is 9.49. The molecule has 2 rings (SSSR count). The molecule has 0 aliphatic rings. The van der Waals surface area contributed by atoms with E-state index in [1.807, 2.05) is 30.3 Å². The molecule has 1 unspecified atom stereocenters. The first-order valence-corrected chi connectivity index (χ1v) is 5.89. The zero-order chi connectivity index (χ0) is 13.0. The van der Waals surface area contributed by atoms with Crippen LogP contribution in [0.1, 0.15) is 16.6 Å². The quantitative estimate of drug-likeness (QED) is 0.481. The summed E-state index contributed by atoms with van der Waals surface area (Å²) in [4.78, 5) is 14.1. The number of halogens is 1. The highest BCUT2D eigenvalue weighted by Crippen LogP contribution is 2.24. The summed E-state index contributed by atoms with van der Waals surface area (Å²) in [6.07, 6.45) is 1.80. The van der Waals surface area contributed by atoms with E-state index < -0.39 is 4.92 Å². The highest BCUT2D eigenvalue weighted by atomic mass is 35.5. The summed E-state index contributed by atoms with van der Waals surface area (Å²) >= 11 is 6.27. The van der Waals surface area contributed by atoms with Crippen molar-refractivity contribution in [2.45, 2.75) is 11.8 Å². The summed E-state index contributed by atoms with van der Waals surface area (Å²) in [5.74, 6) is 0. The molecule has 1 aromatic heterocycles. The van der Waals surface area contributed by atoms with Gasteiger partial charge in [-0.3, -0.25) is 15.1 Å². The van der Waals surface area contributed by atoms with Gasteiger partial charge in [0, 0.05) is 18.2 Å². The Morgan fingerprint density at radius 3 is 2.50 bits per heavy atom. The lowest BCUT2D eigenvalue weighted by molar-refractivity contribution is -0.385. The highest BCUT2D eigenvalue weighted by molar-refractivity contribution is 6.20. The second-order valence-electron chi connectivity index (χ2n) is 3.85. The molecule has 18 heavy (non-hydrogen) atoms. The second-order valence-corrected chi connectivity index (χ2v) is 4.37. The number of aromatic nitrogens is 1. The SMILES string of the molecule is O=[N+]([O-])c1ccc(CC(Cl)c2ccccc2)nc1. The van der Waals surface area contributed by atoms with Crippen molar-refractivity contribution in [2.24, 2.45) is 0 Å². The van der Waals surface area contributed by atoms with Crippen molar-refractivity contribution in [3.05, 3.63) is 70.0 Å². The van der Waals surface area contributed by atoms with Gasteiger partial charge in [-0.05, 0) is 11.6 Å². The fraction of sp³-hybridized carbons (Fsp3) is 0.154. The molecule has 0 saturated carbocycles. The number of nitrogens with zero attached hydrogens (tertiary/aromatic N) is 2. The molecule has 5 heteroatoms. The Bertz CT molecular complexity index is 528. The third-order valence-electron chi connectivity index (χ3n) is 2.57. The summed E-state index contributed by atoms with van der Waals surface area (Å²) < 4.78 is 0. The van der Waals surface area contributed by atoms with Gasteiger partial charge in [-0.25, -0.2) is 0 Å². The Morgan fingerprint density at radius 2 is 1.94 bits per heavy atom. The lowest BCUT2D eigenvalue weighted by atomic mass is 10.1. The van der Waals surface area contributed by atoms with Crippen molar-refractivity contribution in [1.29, 1.82) is 0 Å². The topological polar surface area (TPSA) is 56.0 Å². The van der Waals surface area contributed by atoms with Crippen molar-refractivity contribution >= 4 is 17.3 Å². The van der Waals surface area contributed by atoms with Crippen LogP contribution in [-0.4, -0.2) is 9.91 Å². The first kappa shape index (κ1) is 12.5. The Balaban J connectivity index is 2.08. The van der Waals surface area contributed by atoms with Crippen LogP contribution < -0.4 is 0 Å². The first-order chi connectivity index (χ1) is 8.66. The van der Waals surface area contributed by atoms with Crippen molar-refractivity contribution in [1.82, 2.24) is 4.98 Å². The van der Waals surface area contributed by atoms with Gasteiger partial charge in [0.05, 0.1) is 10.3 Å². The Morgan fingerprint density at radius 1 is 1.22 bits per heavy atom. The van der Waals surface area contributed by atoms with Crippen LogP contribution in [0.25, 0.3) is 0 Å². The smallest absolute Gasteiger partial charge is 0.258 e. The van der Waals surface area contributed by atoms with Gasteiger partial charge in [0.15, 0.2) is 0 Å². The number of pyridine rings is 1. The number of hydrogen-bond donors (Lipinski definition) is 0. The summed E-state index contributed by atoms with van der Waals surface area (Å²) in [5.41, 5.74) is 1.74. The van der Waals surface area contributed by atoms with E-state index in [2.05, 4.69) is 4.98 Å². The fourth-order valence-electron chi connectivity index (χ4n) is 1.61. The molecule has 92 valence electrons. The van der Waals surface area contributed by atoms with Gasteiger partial charge in [0.2, 0.25) is 0 Å². The summed E-state index contributed by atoms with van der Waals surface area (Å²) in [7, 11) is 0. The third kappa shape index (κ3) is 3.05. The number of alkyl halides is 1. The molecule has 0 spiro atoms. The van der Waals surface area contributed by atoms with Crippen molar-refractivity contribution in [3.8, 4) is 0 Å². The monoisotopic (exact) mass is 262 g/mol. The van der Waals surface area contributed by atoms with Crippen LogP contribution in [0, 0.1) is 10.1 Å². The molecule has 1 atom stereocenters. The van der Waals surface area contributed by atoms with Crippen LogP contribution in [0.4, 0.5) is 5.69 Å². The summed E-state index contributed by atoms with van der Waals surface area (Å²) in [6.45, 7) is 0. The van der Waals surface area contributed by atoms with E-state index in [1.165, 1.54) is 12.3 Å². The lowest BCUT2D eigenvalue weighted by Gasteiger charge is -2.08. The van der Waals surface area contributed by atoms with E-state index in [4.69, 9.17) is 11.6 Å². The summed E-state index contributed by atoms with van der Waals surface area (Å²) in [6, 6.07) is 12.7. The molecule has 0 aliphatic heterocycles. The number of benzene rings is 1. The summed E-state index contributed by atoms with van der Waals surface area (Å²) in [5, 5.41) is 10.3. The van der Waals surface area contributed by atoms with Gasteiger partial charge in [-0.15, -0.1) is 11.6 Å². The lowest BCUT2D eigenvalue weighted by Crippen LogP contribution is -1.98. The van der Waals surface area contributed by atoms with Crippen LogP contribution >= 0.6 is 11.6 Å². The molecule has 1 heterocycles. The standard InChI is InChI=1S/C13H11ClN2O2/c14-13(10-4-2-1-3-5-10)8-11-6-7-12(9-15-11)16(17)18/h1-7,9,13H,8H2. The van der Waals surface area contributed by atoms with E-state index in [0.29, 0.717) is 6.42 Å². The van der Waals surface area contributed by atoms with Gasteiger partial charge in [0.1, 0.15) is 6.20 Å². The van der Waals surface area contributed by atoms with Crippen LogP contribution in [0.2, 0.25) is 0 Å². The molecular weight excluding hydrogens is 252 g/mol. The van der Waals surface area contributed by atoms with E-state index in [0.717, 1.165) is 11.3 Å². The molecule has 0 amide bonds. The van der Waals surface area contributed by atoms with Crippen molar-refractivity contribution in [2.75, 3.05) is 0 Å². The molecule has 2 aromatic rings. The van der Waals surface area contributed by atoms with Crippen LogP contribution in [0.15, 0.2) is 48.7 Å². The second kappa shape index (κ2) is 5.60. The predicted octanol–water partition coefficient (Wildman–Crippen LogP) is 3.51. The van der Waals surface area contributed by atoms with Gasteiger partial charge in [-0.2, -0.15) is 0 Å². The largest absolute Gasteiger partial charge is 0.287 e. The van der Waals surface area contributed by atoms with Crippen molar-refractivity contribution in [3.63, 3.8) is 0 Å². The molecule has 0 fully saturated rings. The average Bonchev–Trinajstić information content (AvgIpc) is 2.40. The Kier molecular flexibility index (Phi) is 3.89. The van der Waals surface area contributed by atoms with E-state index >= 15 is 0 Å². The van der Waals surface area contributed by atoms with Crippen LogP contribution in [-0.2, 0) is 6.42 Å². The van der Waals surface area contributed by atoms with Crippen LogP contribution in [0.3, 0.4) is 0 Å². The van der Waals surface area contributed by atoms with Gasteiger partial charge >= 0.3 is 0 Å². The molecule has 0 N–H and O–H groups in total. The fourth-order valence-corrected chi connectivity index (χ4v) is 1.91. The maximum atomic E-state index is 10.5. The normalized spacial score (nSPS) is 12.1. The zero-order valence-corrected chi connectivity index (χ0v) is 10.2. The van der Waals surface area contributed by atoms with E-state index in [1.54, 1.807) is 6.07 Å². The molecule has 0 radical (unpaired) electrons. The maximum Gasteiger partial charge on any atom is 0.287 e. The number of hydrogen-bond acceptors (Lipinski definition) is 3.